The monoisotopic (exact) mass is 395 g/mol. The molecule has 28 heavy (non-hydrogen) atoms. The molecular weight excluding hydrogens is 366 g/mol. The Bertz CT molecular complexity index is 694. The molecule has 3 amide bonds. The molecule has 2 aliphatic heterocycles. The Morgan fingerprint density at radius 2 is 2.14 bits per heavy atom. The summed E-state index contributed by atoms with van der Waals surface area (Å²) in [6.07, 6.45) is 1.81. The number of hydrogen-bond donors (Lipinski definition) is 4. The highest BCUT2D eigenvalue weighted by Crippen LogP contribution is 2.35. The minimum atomic E-state index is -0.843. The van der Waals surface area contributed by atoms with E-state index in [9.17, 15) is 14.7 Å². The van der Waals surface area contributed by atoms with Crippen molar-refractivity contribution in [1.82, 2.24) is 25.5 Å². The Kier molecular flexibility index (Phi) is 6.53. The highest BCUT2D eigenvalue weighted by molar-refractivity contribution is 5.76. The number of urea groups is 1. The van der Waals surface area contributed by atoms with Gasteiger partial charge in [0, 0.05) is 38.4 Å². The van der Waals surface area contributed by atoms with E-state index in [1.54, 1.807) is 6.20 Å². The molecule has 0 saturated carbocycles. The van der Waals surface area contributed by atoms with Gasteiger partial charge >= 0.3 is 6.03 Å². The molecule has 2 fully saturated rings. The molecule has 0 bridgehead atoms. The van der Waals surface area contributed by atoms with Crippen molar-refractivity contribution >= 4 is 11.9 Å². The van der Waals surface area contributed by atoms with Gasteiger partial charge in [-0.3, -0.25) is 4.79 Å². The number of carbonyl (C=O) groups is 2. The van der Waals surface area contributed by atoms with E-state index >= 15 is 0 Å². The van der Waals surface area contributed by atoms with Crippen molar-refractivity contribution in [3.8, 4) is 0 Å². The first-order chi connectivity index (χ1) is 13.3. The first kappa shape index (κ1) is 20.6. The van der Waals surface area contributed by atoms with Crippen LogP contribution in [0.1, 0.15) is 32.5 Å². The lowest BCUT2D eigenvalue weighted by Gasteiger charge is -2.20. The van der Waals surface area contributed by atoms with Crippen molar-refractivity contribution in [2.24, 2.45) is 7.05 Å². The molecule has 5 atom stereocenters. The molecule has 0 aromatic carbocycles. The average molecular weight is 395 g/mol. The Hall–Kier alpha value is -2.17. The zero-order valence-electron chi connectivity index (χ0n) is 16.4. The number of nitrogens with zero attached hydrogens (tertiary/aromatic N) is 2. The number of fused-ring (bicyclic) bond motifs is 1. The SMILES string of the molecule is CC(C)NC(=O)NC[C@H]1O[C@@H]2C[C@@H](CC(=O)NCc3nccn3C)O[C@@H]2[C@@H]1O. The molecule has 0 spiro atoms. The van der Waals surface area contributed by atoms with E-state index in [1.165, 1.54) is 0 Å². The number of nitrogens with one attached hydrogen (secondary N) is 3. The summed E-state index contributed by atoms with van der Waals surface area (Å²) in [7, 11) is 1.87. The summed E-state index contributed by atoms with van der Waals surface area (Å²) in [5.41, 5.74) is 0. The van der Waals surface area contributed by atoms with E-state index in [-0.39, 0.29) is 43.2 Å². The van der Waals surface area contributed by atoms with Crippen molar-refractivity contribution in [1.29, 1.82) is 0 Å². The molecule has 2 aliphatic rings. The minimum absolute atomic E-state index is 0.0291. The van der Waals surface area contributed by atoms with Crippen molar-refractivity contribution in [2.45, 2.75) is 69.8 Å². The number of ether oxygens (including phenoxy) is 2. The van der Waals surface area contributed by atoms with Crippen molar-refractivity contribution in [2.75, 3.05) is 6.54 Å². The topological polar surface area (TPSA) is 127 Å². The summed E-state index contributed by atoms with van der Waals surface area (Å²) >= 11 is 0. The molecule has 3 rings (SSSR count). The number of hydrogen-bond acceptors (Lipinski definition) is 6. The molecular formula is C18H29N5O5. The lowest BCUT2D eigenvalue weighted by atomic mass is 10.1. The van der Waals surface area contributed by atoms with Crippen molar-refractivity contribution in [3.05, 3.63) is 18.2 Å². The van der Waals surface area contributed by atoms with Crippen molar-refractivity contribution < 1.29 is 24.2 Å². The highest BCUT2D eigenvalue weighted by Gasteiger charge is 2.50. The third kappa shape index (κ3) is 5.00. The standard InChI is InChI=1S/C18H29N5O5/c1-10(2)22-18(26)21-8-13-16(25)17-12(28-13)6-11(27-17)7-15(24)20-9-14-19-4-5-23(14)3/h4-5,10-13,16-17,25H,6-9H2,1-3H3,(H,20,24)(H2,21,22,26)/t11-,12+,13+,16+,17-/m0/s1. The molecule has 1 aromatic heterocycles. The predicted molar refractivity (Wildman–Crippen MR) is 99.3 cm³/mol. The molecule has 0 aliphatic carbocycles. The number of amides is 3. The average Bonchev–Trinajstić information content (AvgIpc) is 3.27. The highest BCUT2D eigenvalue weighted by atomic mass is 16.6. The maximum Gasteiger partial charge on any atom is 0.315 e. The summed E-state index contributed by atoms with van der Waals surface area (Å²) < 4.78 is 13.5. The second-order valence-electron chi connectivity index (χ2n) is 7.61. The molecule has 2 saturated heterocycles. The first-order valence-corrected chi connectivity index (χ1v) is 9.59. The smallest absolute Gasteiger partial charge is 0.315 e. The van der Waals surface area contributed by atoms with Gasteiger partial charge in [-0.1, -0.05) is 0 Å². The Balaban J connectivity index is 1.39. The van der Waals surface area contributed by atoms with Crippen LogP contribution in [0.3, 0.4) is 0 Å². The Morgan fingerprint density at radius 1 is 1.36 bits per heavy atom. The second-order valence-corrected chi connectivity index (χ2v) is 7.61. The number of aromatic nitrogens is 2. The fourth-order valence-corrected chi connectivity index (χ4v) is 3.54. The van der Waals surface area contributed by atoms with Crippen LogP contribution in [-0.2, 0) is 27.9 Å². The molecule has 1 aromatic rings. The van der Waals surface area contributed by atoms with Gasteiger partial charge < -0.3 is 35.1 Å². The van der Waals surface area contributed by atoms with Crippen LogP contribution in [0.2, 0.25) is 0 Å². The van der Waals surface area contributed by atoms with Gasteiger partial charge in [0.2, 0.25) is 5.91 Å². The summed E-state index contributed by atoms with van der Waals surface area (Å²) in [4.78, 5) is 28.0. The van der Waals surface area contributed by atoms with Gasteiger partial charge in [0.05, 0.1) is 25.2 Å². The lowest BCUT2D eigenvalue weighted by Crippen LogP contribution is -2.45. The summed E-state index contributed by atoms with van der Waals surface area (Å²) in [6, 6.07) is -0.271. The van der Waals surface area contributed by atoms with E-state index in [0.717, 1.165) is 5.82 Å². The number of aryl methyl sites for hydroxylation is 1. The lowest BCUT2D eigenvalue weighted by molar-refractivity contribution is -0.125. The van der Waals surface area contributed by atoms with E-state index in [2.05, 4.69) is 20.9 Å². The number of aliphatic hydroxyl groups is 1. The molecule has 10 heteroatoms. The van der Waals surface area contributed by atoms with Gasteiger partial charge in [-0.2, -0.15) is 0 Å². The van der Waals surface area contributed by atoms with Gasteiger partial charge in [0.1, 0.15) is 24.1 Å². The van der Waals surface area contributed by atoms with Crippen LogP contribution in [-0.4, -0.2) is 69.7 Å². The summed E-state index contributed by atoms with van der Waals surface area (Å²) in [6.45, 7) is 4.29. The maximum absolute atomic E-state index is 12.2. The molecule has 4 N–H and O–H groups in total. The van der Waals surface area contributed by atoms with Crippen LogP contribution in [0.5, 0.6) is 0 Å². The van der Waals surface area contributed by atoms with E-state index in [1.807, 2.05) is 31.7 Å². The normalized spacial score (nSPS) is 29.0. The fraction of sp³-hybridized carbons (Fsp3) is 0.722. The van der Waals surface area contributed by atoms with Crippen LogP contribution < -0.4 is 16.0 Å². The molecule has 10 nitrogen and oxygen atoms in total. The molecule has 0 radical (unpaired) electrons. The van der Waals surface area contributed by atoms with Crippen LogP contribution >= 0.6 is 0 Å². The number of carbonyl (C=O) groups excluding carboxylic acids is 2. The number of rotatable bonds is 7. The van der Waals surface area contributed by atoms with E-state index in [0.29, 0.717) is 13.0 Å². The van der Waals surface area contributed by atoms with Crippen LogP contribution in [0.25, 0.3) is 0 Å². The van der Waals surface area contributed by atoms with Crippen molar-refractivity contribution in [3.63, 3.8) is 0 Å². The fourth-order valence-electron chi connectivity index (χ4n) is 3.54. The molecule has 156 valence electrons. The summed E-state index contributed by atoms with van der Waals surface area (Å²) in [5, 5.41) is 18.7. The quantitative estimate of drug-likeness (QED) is 0.489. The number of imidazole rings is 1. The zero-order chi connectivity index (χ0) is 20.3. The van der Waals surface area contributed by atoms with Gasteiger partial charge in [-0.05, 0) is 13.8 Å². The first-order valence-electron chi connectivity index (χ1n) is 9.59. The van der Waals surface area contributed by atoms with E-state index in [4.69, 9.17) is 9.47 Å². The third-order valence-electron chi connectivity index (χ3n) is 4.94. The van der Waals surface area contributed by atoms with Gasteiger partial charge in [-0.15, -0.1) is 0 Å². The van der Waals surface area contributed by atoms with E-state index < -0.39 is 18.3 Å². The molecule has 3 heterocycles. The Morgan fingerprint density at radius 3 is 2.79 bits per heavy atom. The van der Waals surface area contributed by atoms with Crippen LogP contribution in [0.4, 0.5) is 4.79 Å². The van der Waals surface area contributed by atoms with Crippen LogP contribution in [0, 0.1) is 0 Å². The maximum atomic E-state index is 12.2. The van der Waals surface area contributed by atoms with Gasteiger partial charge in [0.15, 0.2) is 0 Å². The summed E-state index contributed by atoms with van der Waals surface area (Å²) in [5.74, 6) is 0.638. The molecule has 0 unspecified atom stereocenters. The minimum Gasteiger partial charge on any atom is -0.388 e. The number of aliphatic hydroxyl groups excluding tert-OH is 1. The predicted octanol–water partition coefficient (Wildman–Crippen LogP) is -0.580. The van der Waals surface area contributed by atoms with Gasteiger partial charge in [-0.25, -0.2) is 9.78 Å². The zero-order valence-corrected chi connectivity index (χ0v) is 16.4. The largest absolute Gasteiger partial charge is 0.388 e. The Labute approximate surface area is 164 Å². The third-order valence-corrected chi connectivity index (χ3v) is 4.94. The second kappa shape index (κ2) is 8.89. The van der Waals surface area contributed by atoms with Gasteiger partial charge in [0.25, 0.3) is 0 Å². The van der Waals surface area contributed by atoms with Crippen LogP contribution in [0.15, 0.2) is 12.4 Å².